The van der Waals surface area contributed by atoms with Gasteiger partial charge in [-0.05, 0) is 62.1 Å². The van der Waals surface area contributed by atoms with Gasteiger partial charge in [-0.25, -0.2) is 0 Å². The Kier molecular flexibility index (Phi) is 10.1. The smallest absolute Gasteiger partial charge is 0.124 e. The van der Waals surface area contributed by atoms with Gasteiger partial charge < -0.3 is 14.3 Å². The van der Waals surface area contributed by atoms with E-state index < -0.39 is 0 Å². The van der Waals surface area contributed by atoms with Crippen molar-refractivity contribution in [3.05, 3.63) is 108 Å². The number of halogens is 1. The zero-order chi connectivity index (χ0) is 25.2. The van der Waals surface area contributed by atoms with Gasteiger partial charge >= 0.3 is 0 Å². The van der Waals surface area contributed by atoms with E-state index in [-0.39, 0.29) is 11.9 Å². The average Bonchev–Trinajstić information content (AvgIpc) is 3.22. The summed E-state index contributed by atoms with van der Waals surface area (Å²) in [4.78, 5) is 2.38. The van der Waals surface area contributed by atoms with Gasteiger partial charge in [0.1, 0.15) is 23.4 Å². The fourth-order valence-corrected chi connectivity index (χ4v) is 4.55. The van der Waals surface area contributed by atoms with Crippen LogP contribution in [0.15, 0.2) is 95.1 Å². The lowest BCUT2D eigenvalue weighted by Gasteiger charge is -2.38. The number of allylic oxidation sites excluding steroid dienone is 12. The van der Waals surface area contributed by atoms with Crippen LogP contribution in [0.5, 0.6) is 0 Å². The van der Waals surface area contributed by atoms with Crippen LogP contribution in [0, 0.1) is 0 Å². The van der Waals surface area contributed by atoms with Crippen LogP contribution in [0.3, 0.4) is 0 Å². The Balaban J connectivity index is 1.82. The molecule has 0 bridgehead atoms. The SMILES string of the molecule is C=C/C=C(O)\C=C/Cc1occ(C2=CCCC=C2Cl)c1C(/C=C\C(=C)OC1CN(CCC)C1)=C/C. The summed E-state index contributed by atoms with van der Waals surface area (Å²) in [6, 6.07) is 0. The van der Waals surface area contributed by atoms with E-state index in [9.17, 15) is 5.11 Å². The molecule has 35 heavy (non-hydrogen) atoms. The summed E-state index contributed by atoms with van der Waals surface area (Å²) in [5.41, 5.74) is 3.91. The van der Waals surface area contributed by atoms with Crippen molar-refractivity contribution in [1.29, 1.82) is 0 Å². The van der Waals surface area contributed by atoms with Crippen molar-refractivity contribution in [2.45, 2.75) is 45.6 Å². The zero-order valence-electron chi connectivity index (χ0n) is 20.8. The highest BCUT2D eigenvalue weighted by Crippen LogP contribution is 2.38. The number of aliphatic hydroxyl groups excluding tert-OH is 1. The predicted molar refractivity (Wildman–Crippen MR) is 147 cm³/mol. The second-order valence-corrected chi connectivity index (χ2v) is 9.08. The van der Waals surface area contributed by atoms with E-state index in [1.165, 1.54) is 6.08 Å². The summed E-state index contributed by atoms with van der Waals surface area (Å²) in [5.74, 6) is 1.57. The lowest BCUT2D eigenvalue weighted by molar-refractivity contribution is -0.0166. The van der Waals surface area contributed by atoms with E-state index >= 15 is 0 Å². The standard InChI is InChI=1S/C30H36ClNO3/c1-5-11-24(33)12-10-15-29-30(27(21-34-29)26-13-8-9-14-28(26)31)23(7-3)17-16-22(4)35-25-19-32(20-25)18-6-2/h5,7,10-14,16-17,21,25,33H,1,4,6,8-9,15,18-20H2,2-3H3/b12-10-,17-16-,23-7+,24-11+. The van der Waals surface area contributed by atoms with Gasteiger partial charge in [0.05, 0.1) is 6.26 Å². The van der Waals surface area contributed by atoms with E-state index in [0.29, 0.717) is 12.2 Å². The molecular weight excluding hydrogens is 458 g/mol. The minimum atomic E-state index is 0.141. The molecule has 1 aliphatic carbocycles. The third kappa shape index (κ3) is 7.27. The summed E-state index contributed by atoms with van der Waals surface area (Å²) in [5, 5.41) is 10.6. The predicted octanol–water partition coefficient (Wildman–Crippen LogP) is 7.89. The number of ether oxygens (including phenoxy) is 1. The minimum Gasteiger partial charge on any atom is -0.508 e. The summed E-state index contributed by atoms with van der Waals surface area (Å²) in [7, 11) is 0. The monoisotopic (exact) mass is 493 g/mol. The van der Waals surface area contributed by atoms with Crippen LogP contribution in [0.1, 0.15) is 50.0 Å². The lowest BCUT2D eigenvalue weighted by atomic mass is 9.92. The van der Waals surface area contributed by atoms with Gasteiger partial charge in [-0.1, -0.05) is 68.1 Å². The normalized spacial score (nSPS) is 18.0. The van der Waals surface area contributed by atoms with Crippen molar-refractivity contribution >= 4 is 22.7 Å². The van der Waals surface area contributed by atoms with Crippen molar-refractivity contribution in [1.82, 2.24) is 4.90 Å². The molecule has 4 nitrogen and oxygen atoms in total. The number of hydrogen-bond acceptors (Lipinski definition) is 4. The van der Waals surface area contributed by atoms with E-state index in [1.54, 1.807) is 18.4 Å². The number of hydrogen-bond donors (Lipinski definition) is 1. The maximum absolute atomic E-state index is 9.87. The molecule has 1 fully saturated rings. The maximum Gasteiger partial charge on any atom is 0.124 e. The quantitative estimate of drug-likeness (QED) is 0.237. The first-order valence-electron chi connectivity index (χ1n) is 12.2. The zero-order valence-corrected chi connectivity index (χ0v) is 21.6. The molecule has 0 radical (unpaired) electrons. The van der Waals surface area contributed by atoms with Crippen molar-refractivity contribution in [2.75, 3.05) is 19.6 Å². The molecule has 2 heterocycles. The topological polar surface area (TPSA) is 45.8 Å². The fraction of sp³-hybridized carbons (Fsp3) is 0.333. The van der Waals surface area contributed by atoms with Gasteiger partial charge in [0.2, 0.25) is 0 Å². The van der Waals surface area contributed by atoms with Crippen molar-refractivity contribution in [2.24, 2.45) is 0 Å². The Morgan fingerprint density at radius 3 is 2.71 bits per heavy atom. The van der Waals surface area contributed by atoms with Crippen LogP contribution in [-0.4, -0.2) is 35.7 Å². The van der Waals surface area contributed by atoms with Crippen LogP contribution in [0.25, 0.3) is 11.1 Å². The van der Waals surface area contributed by atoms with Gasteiger partial charge in [0, 0.05) is 35.7 Å². The summed E-state index contributed by atoms with van der Waals surface area (Å²) in [6.07, 6.45) is 22.3. The van der Waals surface area contributed by atoms with Gasteiger partial charge in [0.25, 0.3) is 0 Å². The van der Waals surface area contributed by atoms with Crippen molar-refractivity contribution in [3.8, 4) is 0 Å². The van der Waals surface area contributed by atoms with Gasteiger partial charge in [-0.15, -0.1) is 0 Å². The second kappa shape index (κ2) is 13.2. The molecule has 3 rings (SSSR count). The lowest BCUT2D eigenvalue weighted by Crippen LogP contribution is -2.51. The Hall–Kier alpha value is -2.95. The van der Waals surface area contributed by atoms with Crippen molar-refractivity contribution in [3.63, 3.8) is 0 Å². The maximum atomic E-state index is 9.87. The molecule has 0 amide bonds. The molecular formula is C30H36ClNO3. The first-order chi connectivity index (χ1) is 17.0. The molecule has 1 aliphatic heterocycles. The number of aliphatic hydroxyl groups is 1. The van der Waals surface area contributed by atoms with E-state index in [4.69, 9.17) is 20.8 Å². The Labute approximate surface area is 214 Å². The number of furan rings is 1. The second-order valence-electron chi connectivity index (χ2n) is 8.67. The summed E-state index contributed by atoms with van der Waals surface area (Å²) < 4.78 is 12.0. The number of nitrogens with zero attached hydrogens (tertiary/aromatic N) is 1. The highest BCUT2D eigenvalue weighted by Gasteiger charge is 2.27. The van der Waals surface area contributed by atoms with Crippen LogP contribution < -0.4 is 0 Å². The van der Waals surface area contributed by atoms with E-state index in [0.717, 1.165) is 72.0 Å². The summed E-state index contributed by atoms with van der Waals surface area (Å²) >= 11 is 6.58. The largest absolute Gasteiger partial charge is 0.508 e. The van der Waals surface area contributed by atoms with E-state index in [2.05, 4.69) is 31.1 Å². The van der Waals surface area contributed by atoms with Crippen LogP contribution in [-0.2, 0) is 11.2 Å². The third-order valence-electron chi connectivity index (χ3n) is 5.96. The Morgan fingerprint density at radius 2 is 2.03 bits per heavy atom. The first-order valence-corrected chi connectivity index (χ1v) is 12.6. The molecule has 0 unspecified atom stereocenters. The highest BCUT2D eigenvalue weighted by molar-refractivity contribution is 6.37. The molecule has 2 aliphatic rings. The van der Waals surface area contributed by atoms with Gasteiger partial charge in [0.15, 0.2) is 0 Å². The molecule has 0 atom stereocenters. The molecule has 1 N–H and O–H groups in total. The molecule has 1 saturated heterocycles. The summed E-state index contributed by atoms with van der Waals surface area (Å²) in [6.45, 7) is 14.9. The first kappa shape index (κ1) is 26.7. The third-order valence-corrected chi connectivity index (χ3v) is 6.32. The molecule has 0 aromatic carbocycles. The van der Waals surface area contributed by atoms with Crippen LogP contribution >= 0.6 is 11.6 Å². The molecule has 1 aromatic rings. The Morgan fingerprint density at radius 1 is 1.26 bits per heavy atom. The molecule has 0 spiro atoms. The van der Waals surface area contributed by atoms with Crippen LogP contribution in [0.2, 0.25) is 0 Å². The molecule has 0 saturated carbocycles. The van der Waals surface area contributed by atoms with Gasteiger partial charge in [-0.3, -0.25) is 4.90 Å². The van der Waals surface area contributed by atoms with Crippen LogP contribution in [0.4, 0.5) is 0 Å². The molecule has 5 heteroatoms. The fourth-order valence-electron chi connectivity index (χ4n) is 4.27. The highest BCUT2D eigenvalue weighted by atomic mass is 35.5. The Bertz CT molecular complexity index is 1090. The molecule has 1 aromatic heterocycles. The van der Waals surface area contributed by atoms with Crippen molar-refractivity contribution < 1.29 is 14.3 Å². The van der Waals surface area contributed by atoms with Gasteiger partial charge in [-0.2, -0.15) is 0 Å². The number of rotatable bonds is 12. The number of likely N-dealkylation sites (tertiary alicyclic amines) is 1. The average molecular weight is 494 g/mol. The van der Waals surface area contributed by atoms with E-state index in [1.807, 2.05) is 37.3 Å². The minimum absolute atomic E-state index is 0.141. The molecule has 186 valence electrons.